The zero-order chi connectivity index (χ0) is 14.6. The van der Waals surface area contributed by atoms with Gasteiger partial charge in [0.05, 0.1) is 16.8 Å². The molecule has 7 heteroatoms. The van der Waals surface area contributed by atoms with Crippen LogP contribution in [0.25, 0.3) is 0 Å². The normalized spacial score (nSPS) is 11.7. The van der Waals surface area contributed by atoms with Crippen molar-refractivity contribution in [3.8, 4) is 0 Å². The van der Waals surface area contributed by atoms with Gasteiger partial charge in [-0.3, -0.25) is 5.43 Å². The molecule has 0 saturated carbocycles. The molecule has 5 nitrogen and oxygen atoms in total. The third-order valence-corrected chi connectivity index (χ3v) is 3.30. The Morgan fingerprint density at radius 1 is 1.10 bits per heavy atom. The number of rotatable bonds is 4. The zero-order valence-electron chi connectivity index (χ0n) is 10.2. The van der Waals surface area contributed by atoms with Crippen LogP contribution in [-0.4, -0.2) is 19.2 Å². The predicted octanol–water partition coefficient (Wildman–Crippen LogP) is 2.18. The van der Waals surface area contributed by atoms with Crippen LogP contribution >= 0.6 is 0 Å². The first kappa shape index (κ1) is 14.2. The Morgan fingerprint density at radius 2 is 1.75 bits per heavy atom. The van der Waals surface area contributed by atoms with Crippen molar-refractivity contribution in [1.29, 1.82) is 0 Å². The molecular weight excluding hydrogens is 283 g/mol. The fourth-order valence-electron chi connectivity index (χ4n) is 1.45. The van der Waals surface area contributed by atoms with Crippen LogP contribution in [0.1, 0.15) is 5.56 Å². The molecule has 0 amide bonds. The summed E-state index contributed by atoms with van der Waals surface area (Å²) in [5, 5.41) is 3.82. The number of anilines is 1. The first-order valence-corrected chi connectivity index (χ1v) is 6.97. The van der Waals surface area contributed by atoms with Crippen LogP contribution in [0, 0.1) is 5.82 Å². The Morgan fingerprint density at radius 3 is 2.35 bits per heavy atom. The molecule has 2 aromatic carbocycles. The number of nitrogens with one attached hydrogen (secondary N) is 1. The molecule has 2 rings (SSSR count). The van der Waals surface area contributed by atoms with Crippen molar-refractivity contribution in [3.05, 3.63) is 59.9 Å². The van der Waals surface area contributed by atoms with Crippen LogP contribution in [0.3, 0.4) is 0 Å². The molecule has 0 unspecified atom stereocenters. The van der Waals surface area contributed by atoms with E-state index in [1.807, 2.05) is 0 Å². The summed E-state index contributed by atoms with van der Waals surface area (Å²) >= 11 is 0. The van der Waals surface area contributed by atoms with Gasteiger partial charge in [0, 0.05) is 5.56 Å². The molecule has 1 N–H and O–H groups in total. The monoisotopic (exact) mass is 293 g/mol. The van der Waals surface area contributed by atoms with Crippen molar-refractivity contribution in [2.24, 2.45) is 5.10 Å². The van der Waals surface area contributed by atoms with Crippen molar-refractivity contribution >= 4 is 22.0 Å². The van der Waals surface area contributed by atoms with Crippen LogP contribution < -0.4 is 5.43 Å². The van der Waals surface area contributed by atoms with Crippen LogP contribution in [0.4, 0.5) is 10.1 Å². The molecule has 0 saturated heterocycles. The summed E-state index contributed by atoms with van der Waals surface area (Å²) in [6, 6.07) is 11.3. The largest absolute Gasteiger partial charge is 0.744 e. The minimum Gasteiger partial charge on any atom is -0.744 e. The predicted molar refractivity (Wildman–Crippen MR) is 72.0 cm³/mol. The summed E-state index contributed by atoms with van der Waals surface area (Å²) in [6.45, 7) is 0. The number of nitrogens with zero attached hydrogens (tertiary/aromatic N) is 1. The van der Waals surface area contributed by atoms with Gasteiger partial charge in [0.1, 0.15) is 15.9 Å². The smallest absolute Gasteiger partial charge is 0.132 e. The highest BCUT2D eigenvalue weighted by molar-refractivity contribution is 7.85. The maximum absolute atomic E-state index is 13.3. The Kier molecular flexibility index (Phi) is 4.11. The van der Waals surface area contributed by atoms with E-state index >= 15 is 0 Å². The second kappa shape index (κ2) is 5.81. The number of benzene rings is 2. The molecule has 0 aliphatic carbocycles. The van der Waals surface area contributed by atoms with Gasteiger partial charge in [0.25, 0.3) is 0 Å². The van der Waals surface area contributed by atoms with Gasteiger partial charge in [-0.2, -0.15) is 5.10 Å². The van der Waals surface area contributed by atoms with Crippen molar-refractivity contribution in [3.63, 3.8) is 0 Å². The summed E-state index contributed by atoms with van der Waals surface area (Å²) in [6.07, 6.45) is 1.30. The maximum Gasteiger partial charge on any atom is 0.132 e. The van der Waals surface area contributed by atoms with Gasteiger partial charge in [-0.25, -0.2) is 12.8 Å². The molecule has 0 aliphatic rings. The van der Waals surface area contributed by atoms with Crippen LogP contribution in [-0.2, 0) is 10.1 Å². The molecule has 0 spiro atoms. The zero-order valence-corrected chi connectivity index (χ0v) is 11.0. The Hall–Kier alpha value is -2.25. The lowest BCUT2D eigenvalue weighted by molar-refractivity contribution is 0.463. The Bertz CT molecular complexity index is 728. The third kappa shape index (κ3) is 3.62. The third-order valence-electron chi connectivity index (χ3n) is 2.45. The van der Waals surface area contributed by atoms with Gasteiger partial charge in [0.2, 0.25) is 0 Å². The molecule has 0 bridgehead atoms. The fourth-order valence-corrected chi connectivity index (χ4v) is 1.92. The van der Waals surface area contributed by atoms with Gasteiger partial charge in [0.15, 0.2) is 0 Å². The van der Waals surface area contributed by atoms with E-state index in [0.717, 1.165) is 0 Å². The highest BCUT2D eigenvalue weighted by atomic mass is 32.2. The highest BCUT2D eigenvalue weighted by Crippen LogP contribution is 2.13. The Balaban J connectivity index is 2.07. The average molecular weight is 293 g/mol. The molecule has 0 fully saturated rings. The average Bonchev–Trinajstić information content (AvgIpc) is 2.40. The van der Waals surface area contributed by atoms with E-state index in [-0.39, 0.29) is 4.90 Å². The summed E-state index contributed by atoms with van der Waals surface area (Å²) in [7, 11) is -4.45. The van der Waals surface area contributed by atoms with Gasteiger partial charge < -0.3 is 4.55 Å². The lowest BCUT2D eigenvalue weighted by Gasteiger charge is -2.07. The van der Waals surface area contributed by atoms with E-state index in [1.54, 1.807) is 18.2 Å². The van der Waals surface area contributed by atoms with Crippen LogP contribution in [0.2, 0.25) is 0 Å². The molecule has 0 radical (unpaired) electrons. The molecular formula is C13H10FN2O3S-. The van der Waals surface area contributed by atoms with Crippen molar-refractivity contribution in [2.75, 3.05) is 5.43 Å². The summed E-state index contributed by atoms with van der Waals surface area (Å²) in [5.74, 6) is -0.397. The SMILES string of the molecule is O=S(=O)([O-])c1ccc(N/N=C/c2ccccc2F)cc1. The summed E-state index contributed by atoms with van der Waals surface area (Å²) in [4.78, 5) is -0.318. The van der Waals surface area contributed by atoms with E-state index in [9.17, 15) is 17.4 Å². The highest BCUT2D eigenvalue weighted by Gasteiger charge is 2.00. The number of hydrazone groups is 1. The van der Waals surface area contributed by atoms with Crippen LogP contribution in [0.15, 0.2) is 58.5 Å². The molecule has 0 aliphatic heterocycles. The minimum absolute atomic E-state index is 0.318. The molecule has 2 aromatic rings. The van der Waals surface area contributed by atoms with E-state index in [2.05, 4.69) is 10.5 Å². The van der Waals surface area contributed by atoms with Crippen molar-refractivity contribution in [2.45, 2.75) is 4.90 Å². The van der Waals surface area contributed by atoms with Gasteiger partial charge >= 0.3 is 0 Å². The quantitative estimate of drug-likeness (QED) is 0.532. The molecule has 0 heterocycles. The van der Waals surface area contributed by atoms with E-state index in [4.69, 9.17) is 0 Å². The first-order chi connectivity index (χ1) is 9.47. The number of halogens is 1. The first-order valence-electron chi connectivity index (χ1n) is 5.56. The number of hydrogen-bond acceptors (Lipinski definition) is 5. The lowest BCUT2D eigenvalue weighted by Crippen LogP contribution is -1.98. The van der Waals surface area contributed by atoms with Gasteiger partial charge in [-0.05, 0) is 30.3 Å². The van der Waals surface area contributed by atoms with Gasteiger partial charge in [-0.1, -0.05) is 18.2 Å². The second-order valence-electron chi connectivity index (χ2n) is 3.87. The van der Waals surface area contributed by atoms with E-state index < -0.39 is 15.9 Å². The number of hydrogen-bond donors (Lipinski definition) is 1. The fraction of sp³-hybridized carbons (Fsp3) is 0. The van der Waals surface area contributed by atoms with E-state index in [1.165, 1.54) is 36.5 Å². The van der Waals surface area contributed by atoms with Gasteiger partial charge in [-0.15, -0.1) is 0 Å². The van der Waals surface area contributed by atoms with Crippen molar-refractivity contribution < 1.29 is 17.4 Å². The van der Waals surface area contributed by atoms with Crippen molar-refractivity contribution in [1.82, 2.24) is 0 Å². The van der Waals surface area contributed by atoms with Crippen LogP contribution in [0.5, 0.6) is 0 Å². The summed E-state index contributed by atoms with van der Waals surface area (Å²) < 4.78 is 45.5. The topological polar surface area (TPSA) is 81.6 Å². The molecule has 0 atom stereocenters. The standard InChI is InChI=1S/C13H11FN2O3S/c14-13-4-2-1-3-10(13)9-15-16-11-5-7-12(8-6-11)20(17,18)19/h1-9,16H,(H,17,18,19)/p-1/b15-9+. The molecule has 104 valence electrons. The lowest BCUT2D eigenvalue weighted by atomic mass is 10.2. The summed E-state index contributed by atoms with van der Waals surface area (Å²) in [5.41, 5.74) is 3.40. The minimum atomic E-state index is -4.45. The van der Waals surface area contributed by atoms with E-state index in [0.29, 0.717) is 11.3 Å². The maximum atomic E-state index is 13.3. The Labute approximate surface area is 115 Å². The molecule has 20 heavy (non-hydrogen) atoms. The molecule has 0 aromatic heterocycles. The second-order valence-corrected chi connectivity index (χ2v) is 5.25.